The van der Waals surface area contributed by atoms with Gasteiger partial charge < -0.3 is 24.2 Å². The molecule has 162 valence electrons. The number of aliphatic hydroxyl groups is 1. The van der Waals surface area contributed by atoms with Gasteiger partial charge >= 0.3 is 6.09 Å². The molecule has 0 aliphatic carbocycles. The fourth-order valence-corrected chi connectivity index (χ4v) is 3.62. The lowest BCUT2D eigenvalue weighted by Gasteiger charge is -2.34. The third-order valence-electron chi connectivity index (χ3n) is 5.22. The number of piperazine rings is 1. The van der Waals surface area contributed by atoms with Gasteiger partial charge in [0.15, 0.2) is 0 Å². The van der Waals surface area contributed by atoms with Crippen molar-refractivity contribution in [2.24, 2.45) is 0 Å². The van der Waals surface area contributed by atoms with E-state index in [1.165, 1.54) is 5.56 Å². The van der Waals surface area contributed by atoms with Crippen molar-refractivity contribution >= 4 is 6.09 Å². The van der Waals surface area contributed by atoms with E-state index < -0.39 is 6.10 Å². The number of carbonyl (C=O) groups is 1. The third-order valence-corrected chi connectivity index (χ3v) is 5.22. The van der Waals surface area contributed by atoms with E-state index in [2.05, 4.69) is 15.9 Å². The molecule has 29 heavy (non-hydrogen) atoms. The average Bonchev–Trinajstić information content (AvgIpc) is 2.74. The van der Waals surface area contributed by atoms with Crippen LogP contribution in [-0.4, -0.2) is 104 Å². The Morgan fingerprint density at radius 3 is 2.62 bits per heavy atom. The zero-order chi connectivity index (χ0) is 20.5. The van der Waals surface area contributed by atoms with Crippen LogP contribution in [0.4, 0.5) is 4.79 Å². The van der Waals surface area contributed by atoms with Gasteiger partial charge in [0.25, 0.3) is 0 Å². The van der Waals surface area contributed by atoms with E-state index in [-0.39, 0.29) is 12.7 Å². The second-order valence-corrected chi connectivity index (χ2v) is 7.49. The number of rotatable bonds is 8. The summed E-state index contributed by atoms with van der Waals surface area (Å²) in [4.78, 5) is 18.0. The van der Waals surface area contributed by atoms with Crippen molar-refractivity contribution in [1.29, 1.82) is 0 Å². The fraction of sp³-hybridized carbons (Fsp3) is 0.667. The molecule has 0 radical (unpaired) electrons. The van der Waals surface area contributed by atoms with Gasteiger partial charge in [-0.1, -0.05) is 12.1 Å². The summed E-state index contributed by atoms with van der Waals surface area (Å²) in [6, 6.07) is 8.06. The smallest absolute Gasteiger partial charge is 0.409 e. The minimum atomic E-state index is -0.577. The molecule has 0 aromatic heterocycles. The van der Waals surface area contributed by atoms with E-state index >= 15 is 0 Å². The van der Waals surface area contributed by atoms with E-state index in [1.807, 2.05) is 25.1 Å². The Hall–Kier alpha value is -1.87. The molecule has 1 atom stereocenters. The van der Waals surface area contributed by atoms with Crippen molar-refractivity contribution in [2.75, 3.05) is 72.2 Å². The Labute approximate surface area is 172 Å². The van der Waals surface area contributed by atoms with Crippen LogP contribution in [0.15, 0.2) is 24.3 Å². The molecule has 2 fully saturated rings. The van der Waals surface area contributed by atoms with Crippen LogP contribution < -0.4 is 4.74 Å². The van der Waals surface area contributed by atoms with Crippen molar-refractivity contribution < 1.29 is 24.1 Å². The number of hydrogen-bond acceptors (Lipinski definition) is 7. The summed E-state index contributed by atoms with van der Waals surface area (Å²) in [5.74, 6) is 0.780. The van der Waals surface area contributed by atoms with Crippen molar-refractivity contribution in [2.45, 2.75) is 19.6 Å². The number of nitrogens with zero attached hydrogens (tertiary/aromatic N) is 3. The predicted molar refractivity (Wildman–Crippen MR) is 109 cm³/mol. The first-order valence-corrected chi connectivity index (χ1v) is 10.5. The molecule has 2 aliphatic rings. The maximum absolute atomic E-state index is 11.7. The molecule has 8 nitrogen and oxygen atoms in total. The second-order valence-electron chi connectivity index (χ2n) is 7.49. The highest BCUT2D eigenvalue weighted by atomic mass is 16.6. The summed E-state index contributed by atoms with van der Waals surface area (Å²) >= 11 is 0. The molecule has 1 aromatic carbocycles. The molecule has 1 N–H and O–H groups in total. The van der Waals surface area contributed by atoms with Crippen LogP contribution in [0.1, 0.15) is 12.5 Å². The molecule has 1 unspecified atom stereocenters. The highest BCUT2D eigenvalue weighted by molar-refractivity contribution is 5.67. The summed E-state index contributed by atoms with van der Waals surface area (Å²) in [6.45, 7) is 10.0. The number of hydrogen-bond donors (Lipinski definition) is 1. The first kappa shape index (κ1) is 21.8. The largest absolute Gasteiger partial charge is 0.491 e. The zero-order valence-corrected chi connectivity index (χ0v) is 17.3. The van der Waals surface area contributed by atoms with Gasteiger partial charge in [0, 0.05) is 52.4 Å². The van der Waals surface area contributed by atoms with Crippen molar-refractivity contribution in [3.8, 4) is 5.75 Å². The lowest BCUT2D eigenvalue weighted by atomic mass is 10.2. The monoisotopic (exact) mass is 407 g/mol. The molecule has 0 spiro atoms. The van der Waals surface area contributed by atoms with Gasteiger partial charge in [-0.2, -0.15) is 0 Å². The Balaban J connectivity index is 1.38. The number of ether oxygens (including phenoxy) is 3. The van der Waals surface area contributed by atoms with Crippen LogP contribution in [-0.2, 0) is 16.0 Å². The minimum Gasteiger partial charge on any atom is -0.491 e. The van der Waals surface area contributed by atoms with E-state index in [1.54, 1.807) is 4.90 Å². The number of β-amino-alcohol motifs (C(OH)–C–C–N with tert-alkyl or cyclic N) is 1. The Morgan fingerprint density at radius 2 is 1.90 bits per heavy atom. The number of aliphatic hydroxyl groups excluding tert-OH is 1. The van der Waals surface area contributed by atoms with Crippen molar-refractivity contribution in [3.63, 3.8) is 0 Å². The van der Waals surface area contributed by atoms with Crippen LogP contribution >= 0.6 is 0 Å². The van der Waals surface area contributed by atoms with Gasteiger partial charge in [-0.15, -0.1) is 0 Å². The summed E-state index contributed by atoms with van der Waals surface area (Å²) in [6.07, 6.45) is -0.833. The molecule has 0 bridgehead atoms. The lowest BCUT2D eigenvalue weighted by Crippen LogP contribution is -2.51. The van der Waals surface area contributed by atoms with Gasteiger partial charge in [0.1, 0.15) is 18.5 Å². The van der Waals surface area contributed by atoms with Crippen LogP contribution in [0.5, 0.6) is 5.75 Å². The van der Waals surface area contributed by atoms with Crippen molar-refractivity contribution in [3.05, 3.63) is 29.8 Å². The van der Waals surface area contributed by atoms with Gasteiger partial charge in [-0.3, -0.25) is 9.80 Å². The standard InChI is InChI=1S/C21H33N3O5/c1-2-28-21(26)24-8-6-22(7-9-24)16-19(25)17-29-20-5-3-4-18(14-20)15-23-10-12-27-13-11-23/h3-5,14,19,25H,2,6-13,15-17H2,1H3. The molecule has 3 rings (SSSR count). The first-order valence-electron chi connectivity index (χ1n) is 10.5. The van der Waals surface area contributed by atoms with Crippen LogP contribution in [0.25, 0.3) is 0 Å². The van der Waals surface area contributed by atoms with Gasteiger partial charge in [-0.25, -0.2) is 4.79 Å². The quantitative estimate of drug-likeness (QED) is 0.690. The average molecular weight is 408 g/mol. The highest BCUT2D eigenvalue weighted by Crippen LogP contribution is 2.16. The summed E-state index contributed by atoms with van der Waals surface area (Å²) in [7, 11) is 0. The summed E-state index contributed by atoms with van der Waals surface area (Å²) in [5, 5.41) is 10.4. The third kappa shape index (κ3) is 7.15. The van der Waals surface area contributed by atoms with Gasteiger partial charge in [0.05, 0.1) is 19.8 Å². The molecule has 1 aromatic rings. The SMILES string of the molecule is CCOC(=O)N1CCN(CC(O)COc2cccc(CN3CCOCC3)c2)CC1. The molecular weight excluding hydrogens is 374 g/mol. The zero-order valence-electron chi connectivity index (χ0n) is 17.3. The topological polar surface area (TPSA) is 74.7 Å². The Morgan fingerprint density at radius 1 is 1.14 bits per heavy atom. The summed E-state index contributed by atoms with van der Waals surface area (Å²) in [5.41, 5.74) is 1.20. The Kier molecular flexibility index (Phi) is 8.54. The molecule has 8 heteroatoms. The minimum absolute atomic E-state index is 0.249. The number of amides is 1. The Bertz CT molecular complexity index is 630. The fourth-order valence-electron chi connectivity index (χ4n) is 3.62. The number of morpholine rings is 1. The lowest BCUT2D eigenvalue weighted by molar-refractivity contribution is 0.0339. The van der Waals surface area contributed by atoms with Gasteiger partial charge in [0.2, 0.25) is 0 Å². The molecule has 0 saturated carbocycles. The van der Waals surface area contributed by atoms with Crippen LogP contribution in [0.3, 0.4) is 0 Å². The highest BCUT2D eigenvalue weighted by Gasteiger charge is 2.23. The second kappa shape index (κ2) is 11.3. The molecular formula is C21H33N3O5. The maximum Gasteiger partial charge on any atom is 0.409 e. The molecule has 2 heterocycles. The summed E-state index contributed by atoms with van der Waals surface area (Å²) < 4.78 is 16.3. The molecule has 2 saturated heterocycles. The molecule has 2 aliphatic heterocycles. The number of carbonyl (C=O) groups excluding carboxylic acids is 1. The normalized spacial score (nSPS) is 19.7. The molecule has 1 amide bonds. The van der Waals surface area contributed by atoms with Crippen LogP contribution in [0, 0.1) is 0 Å². The predicted octanol–water partition coefficient (Wildman–Crippen LogP) is 1.03. The van der Waals surface area contributed by atoms with E-state index in [0.717, 1.165) is 51.7 Å². The van der Waals surface area contributed by atoms with E-state index in [4.69, 9.17) is 14.2 Å². The van der Waals surface area contributed by atoms with E-state index in [9.17, 15) is 9.90 Å². The number of benzene rings is 1. The van der Waals surface area contributed by atoms with Crippen LogP contribution in [0.2, 0.25) is 0 Å². The van der Waals surface area contributed by atoms with E-state index in [0.29, 0.717) is 26.2 Å². The van der Waals surface area contributed by atoms with Crippen molar-refractivity contribution in [1.82, 2.24) is 14.7 Å². The first-order chi connectivity index (χ1) is 14.1. The van der Waals surface area contributed by atoms with Gasteiger partial charge in [-0.05, 0) is 24.6 Å². The maximum atomic E-state index is 11.7.